The fourth-order valence-electron chi connectivity index (χ4n) is 2.97. The molecule has 0 aliphatic rings. The summed E-state index contributed by atoms with van der Waals surface area (Å²) in [6.45, 7) is 5.29. The van der Waals surface area contributed by atoms with Gasteiger partial charge in [-0.05, 0) is 25.0 Å². The lowest BCUT2D eigenvalue weighted by Gasteiger charge is -2.29. The molecule has 0 aromatic heterocycles. The zero-order chi connectivity index (χ0) is 24.5. The fourth-order valence-corrected chi connectivity index (χ4v) is 2.97. The maximum Gasteiger partial charge on any atom is 0.311 e. The van der Waals surface area contributed by atoms with Crippen molar-refractivity contribution in [3.05, 3.63) is 64.0 Å². The molecule has 0 aliphatic carbocycles. The topological polar surface area (TPSA) is 111 Å². The minimum absolute atomic E-state index is 0.0189. The van der Waals surface area contributed by atoms with E-state index in [1.54, 1.807) is 13.0 Å². The minimum Gasteiger partial charge on any atom is -0.490 e. The first-order chi connectivity index (χ1) is 15.6. The molecule has 0 radical (unpaired) electrons. The van der Waals surface area contributed by atoms with Gasteiger partial charge in [0.15, 0.2) is 6.61 Å². The van der Waals surface area contributed by atoms with Crippen molar-refractivity contribution in [1.29, 1.82) is 0 Å². The average Bonchev–Trinajstić information content (AvgIpc) is 2.79. The van der Waals surface area contributed by atoms with Gasteiger partial charge in [0.05, 0.1) is 12.0 Å². The van der Waals surface area contributed by atoms with Gasteiger partial charge in [0.2, 0.25) is 11.7 Å². The normalized spacial score (nSPS) is 11.6. The van der Waals surface area contributed by atoms with E-state index in [1.807, 2.05) is 13.8 Å². The van der Waals surface area contributed by atoms with E-state index in [0.717, 1.165) is 0 Å². The second-order valence-corrected chi connectivity index (χ2v) is 7.81. The maximum atomic E-state index is 14.2. The second kappa shape index (κ2) is 11.8. The van der Waals surface area contributed by atoms with E-state index < -0.39 is 29.3 Å². The number of nitrogens with zero attached hydrogens (tertiary/aromatic N) is 2. The van der Waals surface area contributed by atoms with Crippen LogP contribution in [0.4, 0.5) is 10.1 Å². The minimum atomic E-state index is -0.883. The van der Waals surface area contributed by atoms with E-state index in [-0.39, 0.29) is 41.1 Å². The van der Waals surface area contributed by atoms with E-state index in [2.05, 4.69) is 5.32 Å². The van der Waals surface area contributed by atoms with Crippen LogP contribution in [0.25, 0.3) is 0 Å². The van der Waals surface area contributed by atoms with Crippen molar-refractivity contribution < 1.29 is 28.4 Å². The Morgan fingerprint density at radius 3 is 2.48 bits per heavy atom. The zero-order valence-corrected chi connectivity index (χ0v) is 19.0. The molecule has 0 bridgehead atoms. The summed E-state index contributed by atoms with van der Waals surface area (Å²) < 4.78 is 24.7. The Balaban J connectivity index is 2.19. The number of nitrogens with one attached hydrogen (secondary N) is 1. The van der Waals surface area contributed by atoms with Crippen molar-refractivity contribution in [3.63, 3.8) is 0 Å². The molecule has 33 heavy (non-hydrogen) atoms. The van der Waals surface area contributed by atoms with E-state index in [1.165, 1.54) is 48.4 Å². The number of nitro benzene ring substituents is 1. The van der Waals surface area contributed by atoms with Crippen LogP contribution in [-0.2, 0) is 16.1 Å². The van der Waals surface area contributed by atoms with Crippen LogP contribution in [-0.4, -0.2) is 47.9 Å². The van der Waals surface area contributed by atoms with Crippen LogP contribution in [0.1, 0.15) is 26.3 Å². The van der Waals surface area contributed by atoms with Gasteiger partial charge in [0.25, 0.3) is 5.91 Å². The van der Waals surface area contributed by atoms with Crippen molar-refractivity contribution in [3.8, 4) is 11.5 Å². The molecule has 0 saturated heterocycles. The quantitative estimate of drug-likeness (QED) is 0.406. The molecule has 178 valence electrons. The maximum absolute atomic E-state index is 14.2. The molecule has 0 aliphatic heterocycles. The lowest BCUT2D eigenvalue weighted by atomic mass is 10.1. The number of rotatable bonds is 11. The lowest BCUT2D eigenvalue weighted by Crippen LogP contribution is -2.49. The highest BCUT2D eigenvalue weighted by molar-refractivity contribution is 5.88. The molecule has 10 heteroatoms. The van der Waals surface area contributed by atoms with Gasteiger partial charge in [-0.1, -0.05) is 32.0 Å². The van der Waals surface area contributed by atoms with Crippen molar-refractivity contribution in [2.75, 3.05) is 20.3 Å². The van der Waals surface area contributed by atoms with Gasteiger partial charge in [-0.2, -0.15) is 0 Å². The Labute approximate surface area is 191 Å². The summed E-state index contributed by atoms with van der Waals surface area (Å²) in [6, 6.07) is 8.96. The Hall–Kier alpha value is -3.69. The molecular weight excluding hydrogens is 433 g/mol. The van der Waals surface area contributed by atoms with E-state index in [9.17, 15) is 24.1 Å². The molecule has 2 aromatic rings. The van der Waals surface area contributed by atoms with Gasteiger partial charge < -0.3 is 19.7 Å². The molecule has 0 spiro atoms. The number of hydrogen-bond acceptors (Lipinski definition) is 6. The molecule has 2 amide bonds. The number of ether oxygens (including phenoxy) is 2. The standard InChI is InChI=1S/C23H28FN3O6/c1-15(2)12-25-23(29)16(3)26(13-17-7-5-6-8-19(17)24)22(28)14-33-18-9-10-20(27(30)31)21(11-18)32-4/h5-11,15-16H,12-14H2,1-4H3,(H,25,29)/t16-/m0/s1. The van der Waals surface area contributed by atoms with Crippen molar-refractivity contribution in [2.24, 2.45) is 5.92 Å². The van der Waals surface area contributed by atoms with Gasteiger partial charge >= 0.3 is 5.69 Å². The lowest BCUT2D eigenvalue weighted by molar-refractivity contribution is -0.385. The highest BCUT2D eigenvalue weighted by atomic mass is 19.1. The number of nitro groups is 1. The number of amides is 2. The molecule has 1 N–H and O–H groups in total. The van der Waals surface area contributed by atoms with Crippen LogP contribution in [0.15, 0.2) is 42.5 Å². The first kappa shape index (κ1) is 25.6. The van der Waals surface area contributed by atoms with Crippen molar-refractivity contribution >= 4 is 17.5 Å². The second-order valence-electron chi connectivity index (χ2n) is 7.81. The Morgan fingerprint density at radius 2 is 1.88 bits per heavy atom. The Morgan fingerprint density at radius 1 is 1.18 bits per heavy atom. The molecule has 0 fully saturated rings. The van der Waals surface area contributed by atoms with Crippen molar-refractivity contribution in [2.45, 2.75) is 33.4 Å². The van der Waals surface area contributed by atoms with Crippen molar-refractivity contribution in [1.82, 2.24) is 10.2 Å². The Kier molecular flexibility index (Phi) is 9.14. The molecule has 0 heterocycles. The van der Waals surface area contributed by atoms with Gasteiger partial charge in [-0.15, -0.1) is 0 Å². The molecule has 2 aromatic carbocycles. The number of halogens is 1. The molecular formula is C23H28FN3O6. The summed E-state index contributed by atoms with van der Waals surface area (Å²) in [7, 11) is 1.28. The number of carbonyl (C=O) groups is 2. The Bertz CT molecular complexity index is 998. The summed E-state index contributed by atoms with van der Waals surface area (Å²) in [5.41, 5.74) is 0.0131. The third-order valence-electron chi connectivity index (χ3n) is 4.86. The summed E-state index contributed by atoms with van der Waals surface area (Å²) in [5.74, 6) is -1.04. The molecule has 0 saturated carbocycles. The van der Waals surface area contributed by atoms with E-state index in [0.29, 0.717) is 6.54 Å². The molecule has 9 nitrogen and oxygen atoms in total. The highest BCUT2D eigenvalue weighted by Gasteiger charge is 2.27. The summed E-state index contributed by atoms with van der Waals surface area (Å²) in [6.07, 6.45) is 0. The summed E-state index contributed by atoms with van der Waals surface area (Å²) in [5, 5.41) is 13.8. The predicted octanol–water partition coefficient (Wildman–Crippen LogP) is 3.31. The largest absolute Gasteiger partial charge is 0.490 e. The smallest absolute Gasteiger partial charge is 0.311 e. The zero-order valence-electron chi connectivity index (χ0n) is 19.0. The van der Waals surface area contributed by atoms with Gasteiger partial charge in [0.1, 0.15) is 17.6 Å². The SMILES string of the molecule is COc1cc(OCC(=O)N(Cc2ccccc2F)[C@@H](C)C(=O)NCC(C)C)ccc1[N+](=O)[O-]. The third kappa shape index (κ3) is 7.16. The first-order valence-corrected chi connectivity index (χ1v) is 10.4. The summed E-state index contributed by atoms with van der Waals surface area (Å²) in [4.78, 5) is 37.3. The van der Waals surface area contributed by atoms with Crippen LogP contribution in [0, 0.1) is 21.8 Å². The average molecular weight is 461 g/mol. The monoisotopic (exact) mass is 461 g/mol. The van der Waals surface area contributed by atoms with Gasteiger partial charge in [0, 0.05) is 30.8 Å². The van der Waals surface area contributed by atoms with Crippen LogP contribution in [0.2, 0.25) is 0 Å². The first-order valence-electron chi connectivity index (χ1n) is 10.4. The number of methoxy groups -OCH3 is 1. The third-order valence-corrected chi connectivity index (χ3v) is 4.86. The highest BCUT2D eigenvalue weighted by Crippen LogP contribution is 2.30. The van der Waals surface area contributed by atoms with Gasteiger partial charge in [-0.3, -0.25) is 19.7 Å². The number of carbonyl (C=O) groups excluding carboxylic acids is 2. The number of hydrogen-bond donors (Lipinski definition) is 1. The van der Waals surface area contributed by atoms with Crippen LogP contribution in [0.5, 0.6) is 11.5 Å². The van der Waals surface area contributed by atoms with Gasteiger partial charge in [-0.25, -0.2) is 4.39 Å². The summed E-state index contributed by atoms with van der Waals surface area (Å²) >= 11 is 0. The molecule has 0 unspecified atom stereocenters. The van der Waals surface area contributed by atoms with E-state index >= 15 is 0 Å². The van der Waals surface area contributed by atoms with Crippen LogP contribution in [0.3, 0.4) is 0 Å². The van der Waals surface area contributed by atoms with Crippen LogP contribution >= 0.6 is 0 Å². The van der Waals surface area contributed by atoms with E-state index in [4.69, 9.17) is 9.47 Å². The van der Waals surface area contributed by atoms with Crippen LogP contribution < -0.4 is 14.8 Å². The predicted molar refractivity (Wildman–Crippen MR) is 119 cm³/mol. The fraction of sp³-hybridized carbons (Fsp3) is 0.391. The number of benzene rings is 2. The molecule has 1 atom stereocenters. The molecule has 2 rings (SSSR count).